The predicted octanol–water partition coefficient (Wildman–Crippen LogP) is 2.33. The standard InChI is InChI=1S/C11H13ClFNO/c1-8-3-4-10(13)9(5-8)7-14(2)11(15)6-12/h3-5H,6-7H2,1-2H3. The molecule has 0 fully saturated rings. The molecule has 0 unspecified atom stereocenters. The Labute approximate surface area is 93.6 Å². The van der Waals surface area contributed by atoms with Gasteiger partial charge in [0.2, 0.25) is 5.91 Å². The van der Waals surface area contributed by atoms with Crippen LogP contribution in [0, 0.1) is 12.7 Å². The summed E-state index contributed by atoms with van der Waals surface area (Å²) in [5, 5.41) is 0. The van der Waals surface area contributed by atoms with E-state index >= 15 is 0 Å². The SMILES string of the molecule is Cc1ccc(F)c(CN(C)C(=O)CCl)c1. The van der Waals surface area contributed by atoms with Gasteiger partial charge in [0.05, 0.1) is 0 Å². The number of nitrogens with zero attached hydrogens (tertiary/aromatic N) is 1. The molecule has 0 bridgehead atoms. The maximum atomic E-state index is 13.3. The summed E-state index contributed by atoms with van der Waals surface area (Å²) in [4.78, 5) is 12.6. The van der Waals surface area contributed by atoms with Crippen LogP contribution < -0.4 is 0 Å². The number of rotatable bonds is 3. The fourth-order valence-electron chi connectivity index (χ4n) is 1.27. The number of benzene rings is 1. The first-order valence-electron chi connectivity index (χ1n) is 4.59. The molecule has 0 aliphatic rings. The van der Waals surface area contributed by atoms with E-state index in [0.717, 1.165) is 5.56 Å². The van der Waals surface area contributed by atoms with Gasteiger partial charge in [-0.3, -0.25) is 4.79 Å². The maximum absolute atomic E-state index is 13.3. The lowest BCUT2D eigenvalue weighted by molar-refractivity contribution is -0.127. The number of carbonyl (C=O) groups excluding carboxylic acids is 1. The van der Waals surface area contributed by atoms with Gasteiger partial charge in [-0.25, -0.2) is 4.39 Å². The molecule has 1 aromatic carbocycles. The fourth-order valence-corrected chi connectivity index (χ4v) is 1.47. The number of hydrogen-bond acceptors (Lipinski definition) is 1. The van der Waals surface area contributed by atoms with Crippen LogP contribution in [0.3, 0.4) is 0 Å². The second kappa shape index (κ2) is 5.12. The van der Waals surface area contributed by atoms with E-state index < -0.39 is 0 Å². The Bertz CT molecular complexity index is 368. The zero-order valence-corrected chi connectivity index (χ0v) is 9.51. The average molecular weight is 230 g/mol. The summed E-state index contributed by atoms with van der Waals surface area (Å²) < 4.78 is 13.3. The number of halogens is 2. The molecule has 1 amide bonds. The Morgan fingerprint density at radius 3 is 2.80 bits per heavy atom. The highest BCUT2D eigenvalue weighted by Gasteiger charge is 2.10. The number of alkyl halides is 1. The number of amides is 1. The van der Waals surface area contributed by atoms with Crippen molar-refractivity contribution in [2.24, 2.45) is 0 Å². The van der Waals surface area contributed by atoms with Crippen LogP contribution in [0.25, 0.3) is 0 Å². The molecule has 1 rings (SSSR count). The van der Waals surface area contributed by atoms with Gasteiger partial charge in [0.15, 0.2) is 0 Å². The van der Waals surface area contributed by atoms with Crippen LogP contribution in [0.15, 0.2) is 18.2 Å². The van der Waals surface area contributed by atoms with E-state index in [1.54, 1.807) is 19.2 Å². The van der Waals surface area contributed by atoms with Crippen LogP contribution in [-0.4, -0.2) is 23.7 Å². The monoisotopic (exact) mass is 229 g/mol. The third-order valence-corrected chi connectivity index (χ3v) is 2.38. The van der Waals surface area contributed by atoms with Crippen molar-refractivity contribution in [3.05, 3.63) is 35.1 Å². The van der Waals surface area contributed by atoms with Gasteiger partial charge in [-0.05, 0) is 13.0 Å². The van der Waals surface area contributed by atoms with Gasteiger partial charge in [-0.2, -0.15) is 0 Å². The minimum absolute atomic E-state index is 0.0794. The smallest absolute Gasteiger partial charge is 0.237 e. The number of aryl methyl sites for hydroxylation is 1. The van der Waals surface area contributed by atoms with Gasteiger partial charge >= 0.3 is 0 Å². The molecule has 0 aliphatic heterocycles. The minimum Gasteiger partial charge on any atom is -0.340 e. The number of carbonyl (C=O) groups is 1. The lowest BCUT2D eigenvalue weighted by Gasteiger charge is -2.16. The van der Waals surface area contributed by atoms with E-state index in [9.17, 15) is 9.18 Å². The van der Waals surface area contributed by atoms with Gasteiger partial charge in [-0.15, -0.1) is 11.6 Å². The Kier molecular flexibility index (Phi) is 4.09. The summed E-state index contributed by atoms with van der Waals surface area (Å²) in [6, 6.07) is 4.83. The van der Waals surface area contributed by atoms with Crippen LogP contribution >= 0.6 is 11.6 Å². The summed E-state index contributed by atoms with van der Waals surface area (Å²) in [7, 11) is 1.60. The Hall–Kier alpha value is -1.09. The largest absolute Gasteiger partial charge is 0.340 e. The van der Waals surface area contributed by atoms with Gasteiger partial charge in [0.25, 0.3) is 0 Å². The van der Waals surface area contributed by atoms with Crippen molar-refractivity contribution in [1.82, 2.24) is 4.90 Å². The molecule has 0 N–H and O–H groups in total. The molecule has 15 heavy (non-hydrogen) atoms. The quantitative estimate of drug-likeness (QED) is 0.729. The summed E-state index contributed by atoms with van der Waals surface area (Å²) >= 11 is 5.40. The topological polar surface area (TPSA) is 20.3 Å². The fraction of sp³-hybridized carbons (Fsp3) is 0.364. The van der Waals surface area contributed by atoms with Crippen molar-refractivity contribution in [2.45, 2.75) is 13.5 Å². The summed E-state index contributed by atoms with van der Waals surface area (Å²) in [5.41, 5.74) is 1.48. The van der Waals surface area contributed by atoms with E-state index in [1.807, 2.05) is 6.92 Å². The molecule has 1 aromatic rings. The molecule has 82 valence electrons. The zero-order chi connectivity index (χ0) is 11.4. The molecular weight excluding hydrogens is 217 g/mol. The molecule has 0 spiro atoms. The second-order valence-corrected chi connectivity index (χ2v) is 3.75. The first kappa shape index (κ1) is 12.0. The van der Waals surface area contributed by atoms with Crippen LogP contribution in [0.1, 0.15) is 11.1 Å². The third-order valence-electron chi connectivity index (χ3n) is 2.15. The molecule has 2 nitrogen and oxygen atoms in total. The van der Waals surface area contributed by atoms with Crippen molar-refractivity contribution in [3.8, 4) is 0 Å². The van der Waals surface area contributed by atoms with Gasteiger partial charge < -0.3 is 4.90 Å². The van der Waals surface area contributed by atoms with E-state index in [2.05, 4.69) is 0 Å². The Balaban J connectivity index is 2.80. The molecule has 0 atom stereocenters. The van der Waals surface area contributed by atoms with Crippen LogP contribution in [0.4, 0.5) is 4.39 Å². The van der Waals surface area contributed by atoms with Crippen molar-refractivity contribution in [2.75, 3.05) is 12.9 Å². The third kappa shape index (κ3) is 3.20. The average Bonchev–Trinajstić information content (AvgIpc) is 2.22. The number of hydrogen-bond donors (Lipinski definition) is 0. The van der Waals surface area contributed by atoms with Crippen LogP contribution in [0.2, 0.25) is 0 Å². The first-order chi connectivity index (χ1) is 7.04. The van der Waals surface area contributed by atoms with E-state index in [0.29, 0.717) is 5.56 Å². The summed E-state index contributed by atoms with van der Waals surface area (Å²) in [6.45, 7) is 2.13. The van der Waals surface area contributed by atoms with Crippen LogP contribution in [-0.2, 0) is 11.3 Å². The molecule has 0 aromatic heterocycles. The van der Waals surface area contributed by atoms with Crippen molar-refractivity contribution >= 4 is 17.5 Å². The lowest BCUT2D eigenvalue weighted by Crippen LogP contribution is -2.27. The Morgan fingerprint density at radius 2 is 2.20 bits per heavy atom. The molecule has 0 radical (unpaired) electrons. The van der Waals surface area contributed by atoms with Gasteiger partial charge in [0, 0.05) is 19.2 Å². The molecular formula is C11H13ClFNO. The minimum atomic E-state index is -0.296. The molecule has 4 heteroatoms. The normalized spacial score (nSPS) is 10.1. The zero-order valence-electron chi connectivity index (χ0n) is 8.76. The highest BCUT2D eigenvalue weighted by atomic mass is 35.5. The summed E-state index contributed by atoms with van der Waals surface area (Å²) in [6.07, 6.45) is 0. The van der Waals surface area contributed by atoms with Crippen molar-refractivity contribution in [3.63, 3.8) is 0 Å². The predicted molar refractivity (Wildman–Crippen MR) is 58.3 cm³/mol. The summed E-state index contributed by atoms with van der Waals surface area (Å²) in [5.74, 6) is -0.586. The maximum Gasteiger partial charge on any atom is 0.237 e. The van der Waals surface area contributed by atoms with Gasteiger partial charge in [-0.1, -0.05) is 17.7 Å². The van der Waals surface area contributed by atoms with Crippen LogP contribution in [0.5, 0.6) is 0 Å². The molecule has 0 saturated carbocycles. The first-order valence-corrected chi connectivity index (χ1v) is 5.13. The highest BCUT2D eigenvalue weighted by Crippen LogP contribution is 2.12. The molecule has 0 heterocycles. The molecule has 0 aliphatic carbocycles. The van der Waals surface area contributed by atoms with E-state index in [4.69, 9.17) is 11.6 Å². The lowest BCUT2D eigenvalue weighted by atomic mass is 10.1. The van der Waals surface area contributed by atoms with Gasteiger partial charge in [0.1, 0.15) is 11.7 Å². The van der Waals surface area contributed by atoms with E-state index in [1.165, 1.54) is 11.0 Å². The van der Waals surface area contributed by atoms with Crippen molar-refractivity contribution in [1.29, 1.82) is 0 Å². The Morgan fingerprint density at radius 1 is 1.53 bits per heavy atom. The van der Waals surface area contributed by atoms with E-state index in [-0.39, 0.29) is 24.1 Å². The molecule has 0 saturated heterocycles. The van der Waals surface area contributed by atoms with Crippen molar-refractivity contribution < 1.29 is 9.18 Å². The second-order valence-electron chi connectivity index (χ2n) is 3.48. The highest BCUT2D eigenvalue weighted by molar-refractivity contribution is 6.27.